The number of ether oxygens (including phenoxy) is 1. The Balaban J connectivity index is 0.000000273. The largest absolute Gasteiger partial charge is 0.464 e. The monoisotopic (exact) mass is 613 g/mol. The topological polar surface area (TPSA) is 160 Å². The van der Waals surface area contributed by atoms with Crippen LogP contribution >= 0.6 is 11.3 Å². The molecule has 0 spiro atoms. The molecule has 228 valence electrons. The molecule has 6 rings (SSSR count). The lowest BCUT2D eigenvalue weighted by Crippen LogP contribution is -2.22. The number of para-hydroxylation sites is 1. The first-order valence-electron chi connectivity index (χ1n) is 13.8. The van der Waals surface area contributed by atoms with E-state index in [1.807, 2.05) is 94.6 Å². The van der Waals surface area contributed by atoms with Crippen LogP contribution in [0.1, 0.15) is 42.5 Å². The molecule has 2 aromatic carbocycles. The van der Waals surface area contributed by atoms with Crippen molar-refractivity contribution >= 4 is 46.0 Å². The van der Waals surface area contributed by atoms with Crippen LogP contribution in [0.4, 0.5) is 5.82 Å². The van der Waals surface area contributed by atoms with Gasteiger partial charge in [-0.3, -0.25) is 14.2 Å². The minimum absolute atomic E-state index is 0.111. The van der Waals surface area contributed by atoms with E-state index < -0.39 is 5.97 Å². The van der Waals surface area contributed by atoms with Gasteiger partial charge in [0.05, 0.1) is 22.9 Å². The molecule has 6 aromatic rings. The summed E-state index contributed by atoms with van der Waals surface area (Å²) in [5, 5.41) is 5.46. The minimum Gasteiger partial charge on any atom is -0.464 e. The first-order chi connectivity index (χ1) is 21.4. The summed E-state index contributed by atoms with van der Waals surface area (Å²) in [6, 6.07) is 19.1. The normalized spacial score (nSPS) is 10.0. The van der Waals surface area contributed by atoms with Gasteiger partial charge in [-0.05, 0) is 43.0 Å². The summed E-state index contributed by atoms with van der Waals surface area (Å²) < 4.78 is 8.26. The molecular weight excluding hydrogens is 578 g/mol. The molecule has 0 saturated heterocycles. The Hall–Kier alpha value is -5.36. The van der Waals surface area contributed by atoms with Crippen molar-refractivity contribution in [3.8, 4) is 16.1 Å². The van der Waals surface area contributed by atoms with Crippen LogP contribution in [0, 0.1) is 6.92 Å². The van der Waals surface area contributed by atoms with Crippen molar-refractivity contribution in [3.05, 3.63) is 106 Å². The van der Waals surface area contributed by atoms with Crippen LogP contribution in [0.15, 0.2) is 83.4 Å². The standard InChI is InChI=1S/C22H18N2O3S.C7H8N4.C2H6.CH3NO/c1-3-15-12-14-8-7-11-17(20-19(22(26)27-2)23-13-28-20)18(14)21(25)24(15)16-9-5-4-6-10-16;1-5-6(8)10-11-4-2-3-9-7(5)11;1-2;2-1-3/h4-13H,3H2,1-2H3;2-4H,1H3,(H2,8,10);1-2H3;1H,(H2,2,3). The fraction of sp³-hybridized carbons (Fsp3) is 0.188. The molecule has 0 aliphatic carbocycles. The molecule has 0 saturated carbocycles. The molecule has 0 fully saturated rings. The Morgan fingerprint density at radius 2 is 1.77 bits per heavy atom. The molecular formula is C32H35N7O4S. The van der Waals surface area contributed by atoms with Gasteiger partial charge in [0, 0.05) is 34.9 Å². The first-order valence-corrected chi connectivity index (χ1v) is 14.7. The number of carbonyl (C=O) groups excluding carboxylic acids is 2. The number of fused-ring (bicyclic) bond motifs is 2. The number of aryl methyl sites for hydroxylation is 2. The van der Waals surface area contributed by atoms with E-state index >= 15 is 0 Å². The van der Waals surface area contributed by atoms with Crippen LogP contribution < -0.4 is 17.0 Å². The molecule has 0 atom stereocenters. The number of primary amides is 1. The van der Waals surface area contributed by atoms with Crippen molar-refractivity contribution in [2.45, 2.75) is 34.1 Å². The van der Waals surface area contributed by atoms with Crippen LogP contribution in [0.3, 0.4) is 0 Å². The van der Waals surface area contributed by atoms with Crippen LogP contribution in [-0.2, 0) is 16.0 Å². The molecule has 0 bridgehead atoms. The number of hydrogen-bond acceptors (Lipinski definition) is 9. The number of amides is 1. The summed E-state index contributed by atoms with van der Waals surface area (Å²) in [5.74, 6) is 0.0329. The van der Waals surface area contributed by atoms with Crippen LogP contribution in [0.25, 0.3) is 32.5 Å². The van der Waals surface area contributed by atoms with Crippen molar-refractivity contribution in [3.63, 3.8) is 0 Å². The minimum atomic E-state index is -0.512. The maximum Gasteiger partial charge on any atom is 0.358 e. The summed E-state index contributed by atoms with van der Waals surface area (Å²) in [7, 11) is 1.32. The summed E-state index contributed by atoms with van der Waals surface area (Å²) in [5.41, 5.74) is 15.7. The third kappa shape index (κ3) is 6.98. The Labute approximate surface area is 258 Å². The van der Waals surface area contributed by atoms with Gasteiger partial charge in [0.2, 0.25) is 6.41 Å². The number of aromatic nitrogens is 5. The number of carbonyl (C=O) groups is 2. The Morgan fingerprint density at radius 1 is 1.07 bits per heavy atom. The van der Waals surface area contributed by atoms with Gasteiger partial charge in [0.1, 0.15) is 0 Å². The van der Waals surface area contributed by atoms with Crippen molar-refractivity contribution in [2.75, 3.05) is 12.8 Å². The van der Waals surface area contributed by atoms with E-state index in [1.165, 1.54) is 18.4 Å². The van der Waals surface area contributed by atoms with Gasteiger partial charge in [0.15, 0.2) is 17.2 Å². The zero-order valence-electron chi connectivity index (χ0n) is 25.2. The van der Waals surface area contributed by atoms with Gasteiger partial charge in [-0.25, -0.2) is 19.3 Å². The number of benzene rings is 2. The molecule has 0 unspecified atom stereocenters. The lowest BCUT2D eigenvalue weighted by molar-refractivity contribution is -0.106. The maximum atomic E-state index is 13.6. The van der Waals surface area contributed by atoms with Gasteiger partial charge in [-0.1, -0.05) is 57.2 Å². The highest BCUT2D eigenvalue weighted by molar-refractivity contribution is 7.13. The molecule has 4 N–H and O–H groups in total. The zero-order valence-corrected chi connectivity index (χ0v) is 26.0. The molecule has 11 nitrogen and oxygen atoms in total. The molecule has 44 heavy (non-hydrogen) atoms. The summed E-state index contributed by atoms with van der Waals surface area (Å²) in [6.07, 6.45) is 4.52. The molecule has 4 aromatic heterocycles. The number of thiazole rings is 1. The Morgan fingerprint density at radius 3 is 2.41 bits per heavy atom. The first kappa shape index (κ1) is 33.1. The van der Waals surface area contributed by atoms with Gasteiger partial charge < -0.3 is 16.2 Å². The number of rotatable bonds is 4. The second-order valence-corrected chi connectivity index (χ2v) is 9.65. The number of esters is 1. The van der Waals surface area contributed by atoms with E-state index in [0.717, 1.165) is 34.4 Å². The summed E-state index contributed by atoms with van der Waals surface area (Å²) in [6.45, 7) is 7.94. The Bertz CT molecular complexity index is 1910. The third-order valence-corrected chi connectivity index (χ3v) is 7.21. The quantitative estimate of drug-likeness (QED) is 0.202. The third-order valence-electron chi connectivity index (χ3n) is 6.35. The van der Waals surface area contributed by atoms with E-state index in [4.69, 9.17) is 15.3 Å². The molecule has 12 heteroatoms. The SMILES string of the molecule is CC.CCc1cc2cccc(-c3scnc3C(=O)OC)c2c(=O)n1-c1ccccc1.Cc1c(N)nn2cccnc12.NC=O. The fourth-order valence-corrected chi connectivity index (χ4v) is 5.23. The predicted molar refractivity (Wildman–Crippen MR) is 175 cm³/mol. The second kappa shape index (κ2) is 15.8. The maximum absolute atomic E-state index is 13.6. The average Bonchev–Trinajstić information content (AvgIpc) is 3.66. The van der Waals surface area contributed by atoms with Crippen molar-refractivity contribution in [1.82, 2.24) is 24.1 Å². The lowest BCUT2D eigenvalue weighted by Gasteiger charge is -2.15. The van der Waals surface area contributed by atoms with Gasteiger partial charge in [-0.2, -0.15) is 0 Å². The van der Waals surface area contributed by atoms with Crippen molar-refractivity contribution < 1.29 is 14.3 Å². The number of nitrogen functional groups attached to an aromatic ring is 1. The Kier molecular flexibility index (Phi) is 11.9. The average molecular weight is 614 g/mol. The highest BCUT2D eigenvalue weighted by atomic mass is 32.1. The van der Waals surface area contributed by atoms with Crippen LogP contribution in [0.5, 0.6) is 0 Å². The summed E-state index contributed by atoms with van der Waals surface area (Å²) >= 11 is 1.32. The molecule has 1 amide bonds. The van der Waals surface area contributed by atoms with E-state index in [-0.39, 0.29) is 17.7 Å². The van der Waals surface area contributed by atoms with E-state index in [0.29, 0.717) is 21.6 Å². The fourth-order valence-electron chi connectivity index (χ4n) is 4.42. The molecule has 0 aliphatic rings. The highest BCUT2D eigenvalue weighted by Gasteiger charge is 2.21. The predicted octanol–water partition coefficient (Wildman–Crippen LogP) is 5.21. The van der Waals surface area contributed by atoms with Crippen LogP contribution in [0.2, 0.25) is 0 Å². The number of hydrogen-bond donors (Lipinski definition) is 2. The highest BCUT2D eigenvalue weighted by Crippen LogP contribution is 2.33. The smallest absolute Gasteiger partial charge is 0.358 e. The van der Waals surface area contributed by atoms with Crippen molar-refractivity contribution in [1.29, 1.82) is 0 Å². The van der Waals surface area contributed by atoms with Gasteiger partial charge in [0.25, 0.3) is 5.56 Å². The van der Waals surface area contributed by atoms with Gasteiger partial charge in [-0.15, -0.1) is 16.4 Å². The number of nitrogens with zero attached hydrogens (tertiary/aromatic N) is 5. The van der Waals surface area contributed by atoms with Crippen LogP contribution in [-0.4, -0.2) is 43.6 Å². The number of anilines is 1. The number of methoxy groups -OCH3 is 1. The van der Waals surface area contributed by atoms with E-state index in [1.54, 1.807) is 20.8 Å². The van der Waals surface area contributed by atoms with E-state index in [2.05, 4.69) is 20.8 Å². The molecule has 4 heterocycles. The van der Waals surface area contributed by atoms with Gasteiger partial charge >= 0.3 is 5.97 Å². The second-order valence-electron chi connectivity index (χ2n) is 8.79. The number of nitrogens with two attached hydrogens (primary N) is 2. The zero-order chi connectivity index (χ0) is 32.2. The molecule has 0 radical (unpaired) electrons. The molecule has 0 aliphatic heterocycles. The van der Waals surface area contributed by atoms with Crippen molar-refractivity contribution in [2.24, 2.45) is 5.73 Å². The van der Waals surface area contributed by atoms with E-state index in [9.17, 15) is 9.59 Å². The lowest BCUT2D eigenvalue weighted by atomic mass is 10.0. The summed E-state index contributed by atoms with van der Waals surface area (Å²) in [4.78, 5) is 43.2. The number of pyridine rings is 1.